The van der Waals surface area contributed by atoms with Crippen LogP contribution in [0, 0.1) is 5.41 Å². The fraction of sp³-hybridized carbons (Fsp3) is 0. The summed E-state index contributed by atoms with van der Waals surface area (Å²) in [6.07, 6.45) is 0.500. The van der Waals surface area contributed by atoms with Gasteiger partial charge in [0.2, 0.25) is 0 Å². The molecule has 0 heterocycles. The van der Waals surface area contributed by atoms with Crippen molar-refractivity contribution in [2.75, 3.05) is 0 Å². The van der Waals surface area contributed by atoms with Gasteiger partial charge in [0.25, 0.3) is 0 Å². The van der Waals surface area contributed by atoms with E-state index in [2.05, 4.69) is 24.0 Å². The van der Waals surface area contributed by atoms with Crippen LogP contribution in [0.3, 0.4) is 0 Å². The second-order valence-electron chi connectivity index (χ2n) is 0.216. The van der Waals surface area contributed by atoms with E-state index >= 15 is 0 Å². The van der Waals surface area contributed by atoms with E-state index in [0.717, 1.165) is 0 Å². The third kappa shape index (κ3) is 44.5. The van der Waals surface area contributed by atoms with Gasteiger partial charge in [-0.25, -0.2) is 0 Å². The van der Waals surface area contributed by atoms with Crippen molar-refractivity contribution in [2.45, 2.75) is 0 Å². The fourth-order valence-electron chi connectivity index (χ4n) is 0. The number of halogens is 2. The minimum Gasteiger partial charge on any atom is 1.00 e. The molecule has 2 N–H and O–H groups in total. The molecular formula is CH3Br2CsN2Pb. The molecular weight excluding hydrogens is 540 g/mol. The molecule has 0 unspecified atom stereocenters. The molecule has 0 saturated carbocycles. The maximum atomic E-state index is 5.75. The monoisotopic (exact) mass is 542 g/mol. The molecule has 0 rings (SSSR count). The summed E-state index contributed by atoms with van der Waals surface area (Å²) in [6.45, 7) is 0. The van der Waals surface area contributed by atoms with Crippen LogP contribution in [0.25, 0.3) is 5.73 Å². The third-order valence-electron chi connectivity index (χ3n) is 0. The van der Waals surface area contributed by atoms with Crippen molar-refractivity contribution in [2.24, 2.45) is 0 Å². The van der Waals surface area contributed by atoms with Crippen LogP contribution < -0.4 is 68.9 Å². The Balaban J connectivity index is -0.0000000400. The number of hydrogen-bond acceptors (Lipinski definition) is 1. The maximum absolute atomic E-state index is 5.75. The fourth-order valence-corrected chi connectivity index (χ4v) is 0. The molecule has 0 fully saturated rings. The molecule has 2 nitrogen and oxygen atoms in total. The van der Waals surface area contributed by atoms with Crippen molar-refractivity contribution in [3.63, 3.8) is 0 Å². The Labute approximate surface area is 126 Å². The molecule has 0 saturated heterocycles. The Bertz CT molecular complexity index is 29.7. The predicted octanol–water partition coefficient (Wildman–Crippen LogP) is -1.04. The molecule has 36 valence electrons. The van der Waals surface area contributed by atoms with Crippen LogP contribution in [0.2, 0.25) is 0 Å². The predicted molar refractivity (Wildman–Crippen MR) is 36.7 cm³/mol. The Morgan fingerprint density at radius 3 is 1.57 bits per heavy atom. The van der Waals surface area contributed by atoms with Gasteiger partial charge in [0.15, 0.2) is 0 Å². The second kappa shape index (κ2) is 22.7. The Morgan fingerprint density at radius 1 is 1.57 bits per heavy atom. The van der Waals surface area contributed by atoms with E-state index < -0.39 is 0 Å². The van der Waals surface area contributed by atoms with E-state index in [9.17, 15) is 0 Å². The molecule has 0 aromatic carbocycles. The third-order valence-corrected chi connectivity index (χ3v) is 0. The van der Waals surface area contributed by atoms with Crippen molar-refractivity contribution in [1.29, 1.82) is 5.41 Å². The first-order valence-corrected chi connectivity index (χ1v) is 17.8. The van der Waals surface area contributed by atoms with Crippen LogP contribution in [0.15, 0.2) is 0 Å². The molecule has 0 aromatic heterocycles. The average Bonchev–Trinajstić information content (AvgIpc) is 1.39. The van der Waals surface area contributed by atoms with Gasteiger partial charge < -0.3 is 11.1 Å². The van der Waals surface area contributed by atoms with Crippen LogP contribution in [-0.4, -0.2) is 25.8 Å². The standard InChI is InChI=1S/CH3N2.2BrH.Cs.Pb/c2-1-3;;;;/h1H,(H2-,2,3);2*1H;;/q-1;;;+1;+2/p-2. The van der Waals surface area contributed by atoms with E-state index in [1.165, 1.54) is 0 Å². The molecule has 6 heteroatoms. The first-order valence-electron chi connectivity index (χ1n) is 0.955. The largest absolute Gasteiger partial charge is 1.00 e. The van der Waals surface area contributed by atoms with Gasteiger partial charge >= 0.3 is 112 Å². The topological polar surface area (TPSA) is 47.7 Å². The summed E-state index contributed by atoms with van der Waals surface area (Å²) in [6, 6.07) is 0. The molecule has 0 aliphatic rings. The molecule has 7 heavy (non-hydrogen) atoms. The van der Waals surface area contributed by atoms with E-state index in [1.807, 2.05) is 0 Å². The quantitative estimate of drug-likeness (QED) is 0.231. The van der Waals surface area contributed by atoms with Crippen molar-refractivity contribution >= 4 is 49.7 Å². The number of rotatable bonds is 0. The SMILES string of the molecule is N=C[NH-].[Br][Pb][Br].[Cs+]. The van der Waals surface area contributed by atoms with E-state index in [0.29, 0.717) is 6.34 Å². The molecule has 2 radical (unpaired) electrons. The summed E-state index contributed by atoms with van der Waals surface area (Å²) in [7, 11) is 0. The number of nitrogens with one attached hydrogen (secondary N) is 2. The minimum absolute atomic E-state index is 0. The first-order chi connectivity index (χ1) is 2.83. The van der Waals surface area contributed by atoms with Gasteiger partial charge in [-0.15, -0.1) is 6.34 Å². The summed E-state index contributed by atoms with van der Waals surface area (Å²) in [5.74, 6) is 0. The summed E-state index contributed by atoms with van der Waals surface area (Å²) < 4.78 is 0. The smallest absolute Gasteiger partial charge is 1.00 e. The van der Waals surface area contributed by atoms with Crippen molar-refractivity contribution < 1.29 is 68.9 Å². The molecule has 0 atom stereocenters. The second-order valence-corrected chi connectivity index (χ2v) is 17.1. The summed E-state index contributed by atoms with van der Waals surface area (Å²) >= 11 is 6.22. The van der Waals surface area contributed by atoms with Gasteiger partial charge in [0, 0.05) is 0 Å². The van der Waals surface area contributed by atoms with Gasteiger partial charge in [-0.1, -0.05) is 0 Å². The zero-order chi connectivity index (χ0) is 5.41. The van der Waals surface area contributed by atoms with Crippen molar-refractivity contribution in [3.05, 3.63) is 5.73 Å². The van der Waals surface area contributed by atoms with Crippen LogP contribution in [0.4, 0.5) is 0 Å². The van der Waals surface area contributed by atoms with Crippen LogP contribution in [0.5, 0.6) is 0 Å². The normalized spacial score (nSPS) is 4.29. The molecule has 0 aromatic rings. The number of hydrogen-bond donors (Lipinski definition) is 1. The minimum atomic E-state index is -0.292. The Morgan fingerprint density at radius 2 is 1.57 bits per heavy atom. The van der Waals surface area contributed by atoms with Gasteiger partial charge in [-0.3, -0.25) is 0 Å². The van der Waals surface area contributed by atoms with E-state index in [4.69, 9.17) is 11.1 Å². The van der Waals surface area contributed by atoms with Crippen molar-refractivity contribution in [3.8, 4) is 0 Å². The molecule has 0 spiro atoms. The van der Waals surface area contributed by atoms with Gasteiger partial charge in [-0.05, 0) is 0 Å². The zero-order valence-electron chi connectivity index (χ0n) is 3.83. The van der Waals surface area contributed by atoms with Crippen LogP contribution in [-0.2, 0) is 0 Å². The maximum Gasteiger partial charge on any atom is 1.00 e. The van der Waals surface area contributed by atoms with Crippen molar-refractivity contribution in [1.82, 2.24) is 0 Å². The average molecular weight is 543 g/mol. The molecule has 0 bridgehead atoms. The zero-order valence-corrected chi connectivity index (χ0v) is 17.2. The van der Waals surface area contributed by atoms with Gasteiger partial charge in [0.1, 0.15) is 0 Å². The van der Waals surface area contributed by atoms with Crippen LogP contribution >= 0.6 is 24.0 Å². The molecule has 0 aliphatic carbocycles. The first kappa shape index (κ1) is 16.8. The Hall–Kier alpha value is 3.40. The summed E-state index contributed by atoms with van der Waals surface area (Å²) in [5, 5.41) is 5.75. The van der Waals surface area contributed by atoms with E-state index in [-0.39, 0.29) is 88.3 Å². The summed E-state index contributed by atoms with van der Waals surface area (Å²) in [4.78, 5) is 0. The van der Waals surface area contributed by atoms with E-state index in [1.54, 1.807) is 0 Å². The van der Waals surface area contributed by atoms with Gasteiger partial charge in [0.05, 0.1) is 0 Å². The summed E-state index contributed by atoms with van der Waals surface area (Å²) in [5.41, 5.74) is 5.75. The van der Waals surface area contributed by atoms with Crippen LogP contribution in [0.1, 0.15) is 0 Å². The van der Waals surface area contributed by atoms with Gasteiger partial charge in [-0.2, -0.15) is 0 Å². The molecule has 0 aliphatic heterocycles. The Kier molecular flexibility index (Phi) is 54.5. The molecule has 0 amide bonds.